The molecule has 1 atom stereocenters. The van der Waals surface area contributed by atoms with E-state index in [1.807, 2.05) is 0 Å². The molecule has 0 saturated carbocycles. The van der Waals surface area contributed by atoms with Crippen LogP contribution < -0.4 is 0 Å². The van der Waals surface area contributed by atoms with E-state index in [-0.39, 0.29) is 10.7 Å². The summed E-state index contributed by atoms with van der Waals surface area (Å²) in [7, 11) is 1.18. The maximum Gasteiger partial charge on any atom is 0.417 e. The van der Waals surface area contributed by atoms with Crippen LogP contribution in [0.3, 0.4) is 0 Å². The molecular weight excluding hydrogens is 259 g/mol. The molecule has 1 heterocycles. The van der Waals surface area contributed by atoms with Gasteiger partial charge in [-0.05, 0) is 13.0 Å². The SMILES string of the molecule is COC(=O)[C@@H](C)c1ncc(C(F)(F)F)cc1Cl. The minimum absolute atomic E-state index is 0.0616. The van der Waals surface area contributed by atoms with Crippen molar-refractivity contribution >= 4 is 17.6 Å². The fraction of sp³-hybridized carbons (Fsp3) is 0.400. The summed E-state index contributed by atoms with van der Waals surface area (Å²) in [6, 6.07) is 0.739. The van der Waals surface area contributed by atoms with Gasteiger partial charge < -0.3 is 4.74 Å². The van der Waals surface area contributed by atoms with Crippen molar-refractivity contribution in [2.45, 2.75) is 19.0 Å². The second kappa shape index (κ2) is 4.91. The molecule has 94 valence electrons. The van der Waals surface area contributed by atoms with Crippen LogP contribution in [0.1, 0.15) is 24.1 Å². The molecule has 0 aliphatic heterocycles. The van der Waals surface area contributed by atoms with Gasteiger partial charge in [0.25, 0.3) is 0 Å². The van der Waals surface area contributed by atoms with E-state index in [0.717, 1.165) is 6.07 Å². The molecule has 3 nitrogen and oxygen atoms in total. The fourth-order valence-corrected chi connectivity index (χ4v) is 1.54. The van der Waals surface area contributed by atoms with E-state index >= 15 is 0 Å². The predicted octanol–water partition coefficient (Wildman–Crippen LogP) is 3.03. The highest BCUT2D eigenvalue weighted by Crippen LogP contribution is 2.32. The molecule has 0 spiro atoms. The Bertz CT molecular complexity index is 434. The Kier molecular flexibility index (Phi) is 3.98. The smallest absolute Gasteiger partial charge is 0.417 e. The quantitative estimate of drug-likeness (QED) is 0.773. The minimum Gasteiger partial charge on any atom is -0.469 e. The van der Waals surface area contributed by atoms with Crippen molar-refractivity contribution in [1.82, 2.24) is 4.98 Å². The van der Waals surface area contributed by atoms with Crippen LogP contribution in [0.4, 0.5) is 13.2 Å². The number of hydrogen-bond acceptors (Lipinski definition) is 3. The zero-order valence-electron chi connectivity index (χ0n) is 9.01. The molecule has 17 heavy (non-hydrogen) atoms. The van der Waals surface area contributed by atoms with Gasteiger partial charge in [0, 0.05) is 6.20 Å². The summed E-state index contributed by atoms with van der Waals surface area (Å²) in [5.41, 5.74) is -0.894. The molecule has 0 aromatic carbocycles. The number of methoxy groups -OCH3 is 1. The second-order valence-electron chi connectivity index (χ2n) is 3.33. The number of rotatable bonds is 2. The predicted molar refractivity (Wildman–Crippen MR) is 54.7 cm³/mol. The van der Waals surface area contributed by atoms with E-state index in [1.165, 1.54) is 14.0 Å². The van der Waals surface area contributed by atoms with Crippen LogP contribution in [0.2, 0.25) is 5.02 Å². The van der Waals surface area contributed by atoms with Gasteiger partial charge in [-0.3, -0.25) is 9.78 Å². The van der Waals surface area contributed by atoms with Gasteiger partial charge in [-0.15, -0.1) is 0 Å². The number of hydrogen-bond donors (Lipinski definition) is 0. The average Bonchev–Trinajstić information content (AvgIpc) is 2.25. The Labute approximate surface area is 101 Å². The average molecular weight is 268 g/mol. The van der Waals surface area contributed by atoms with E-state index in [4.69, 9.17) is 11.6 Å². The molecule has 0 fully saturated rings. The van der Waals surface area contributed by atoms with E-state index in [0.29, 0.717) is 6.20 Å². The lowest BCUT2D eigenvalue weighted by Gasteiger charge is -2.12. The van der Waals surface area contributed by atoms with Gasteiger partial charge in [-0.1, -0.05) is 11.6 Å². The summed E-state index contributed by atoms with van der Waals surface area (Å²) in [6.45, 7) is 1.45. The zero-order chi connectivity index (χ0) is 13.2. The molecule has 0 amide bonds. The molecule has 0 aliphatic carbocycles. The third-order valence-corrected chi connectivity index (χ3v) is 2.46. The first-order chi connectivity index (χ1) is 7.77. The highest BCUT2D eigenvalue weighted by Gasteiger charge is 2.32. The summed E-state index contributed by atoms with van der Waals surface area (Å²) >= 11 is 5.66. The third-order valence-electron chi connectivity index (χ3n) is 2.16. The van der Waals surface area contributed by atoms with Gasteiger partial charge in [0.15, 0.2) is 0 Å². The minimum atomic E-state index is -4.51. The second-order valence-corrected chi connectivity index (χ2v) is 3.74. The lowest BCUT2D eigenvalue weighted by molar-refractivity contribution is -0.142. The molecule has 1 aromatic heterocycles. The van der Waals surface area contributed by atoms with Crippen molar-refractivity contribution in [1.29, 1.82) is 0 Å². The lowest BCUT2D eigenvalue weighted by atomic mass is 10.1. The molecule has 7 heteroatoms. The summed E-state index contributed by atoms with van der Waals surface area (Å²) < 4.78 is 41.5. The molecule has 1 rings (SSSR count). The summed E-state index contributed by atoms with van der Waals surface area (Å²) in [4.78, 5) is 14.8. The molecule has 0 bridgehead atoms. The molecule has 1 aromatic rings. The molecule has 0 saturated heterocycles. The van der Waals surface area contributed by atoms with Crippen LogP contribution in [0, 0.1) is 0 Å². The van der Waals surface area contributed by atoms with Crippen LogP contribution in [0.25, 0.3) is 0 Å². The summed E-state index contributed by atoms with van der Waals surface area (Å²) in [6.07, 6.45) is -3.87. The Morgan fingerprint density at radius 1 is 1.53 bits per heavy atom. The molecule has 0 N–H and O–H groups in total. The first-order valence-corrected chi connectivity index (χ1v) is 4.95. The van der Waals surface area contributed by atoms with Crippen LogP contribution in [0.5, 0.6) is 0 Å². The maximum atomic E-state index is 12.3. The number of aromatic nitrogens is 1. The van der Waals surface area contributed by atoms with Crippen molar-refractivity contribution < 1.29 is 22.7 Å². The number of alkyl halides is 3. The van der Waals surface area contributed by atoms with Gasteiger partial charge in [-0.25, -0.2) is 0 Å². The summed E-state index contributed by atoms with van der Waals surface area (Å²) in [5.74, 6) is -1.42. The maximum absolute atomic E-state index is 12.3. The Morgan fingerprint density at radius 2 is 2.12 bits per heavy atom. The van der Waals surface area contributed by atoms with Crippen molar-refractivity contribution in [3.05, 3.63) is 28.5 Å². The van der Waals surface area contributed by atoms with Crippen molar-refractivity contribution in [3.8, 4) is 0 Å². The highest BCUT2D eigenvalue weighted by molar-refractivity contribution is 6.31. The largest absolute Gasteiger partial charge is 0.469 e. The van der Waals surface area contributed by atoms with Gasteiger partial charge in [0.1, 0.15) is 0 Å². The normalized spacial score (nSPS) is 13.3. The number of halogens is 4. The van der Waals surface area contributed by atoms with Gasteiger partial charge >= 0.3 is 12.1 Å². The number of ether oxygens (including phenoxy) is 1. The van der Waals surface area contributed by atoms with Crippen molar-refractivity contribution in [3.63, 3.8) is 0 Å². The van der Waals surface area contributed by atoms with Crippen LogP contribution in [0.15, 0.2) is 12.3 Å². The number of nitrogens with zero attached hydrogens (tertiary/aromatic N) is 1. The Morgan fingerprint density at radius 3 is 2.53 bits per heavy atom. The van der Waals surface area contributed by atoms with Crippen molar-refractivity contribution in [2.75, 3.05) is 7.11 Å². The number of pyridine rings is 1. The van der Waals surface area contributed by atoms with Crippen molar-refractivity contribution in [2.24, 2.45) is 0 Å². The Hall–Kier alpha value is -1.30. The fourth-order valence-electron chi connectivity index (χ4n) is 1.21. The van der Waals surface area contributed by atoms with Crippen LogP contribution >= 0.6 is 11.6 Å². The monoisotopic (exact) mass is 267 g/mol. The zero-order valence-corrected chi connectivity index (χ0v) is 9.76. The lowest BCUT2D eigenvalue weighted by Crippen LogP contribution is -2.14. The van der Waals surface area contributed by atoms with E-state index < -0.39 is 23.6 Å². The molecule has 0 aliphatic rings. The van der Waals surface area contributed by atoms with Gasteiger partial charge in [-0.2, -0.15) is 13.2 Å². The molecular formula is C10H9ClF3NO2. The third kappa shape index (κ3) is 3.09. The van der Waals surface area contributed by atoms with Gasteiger partial charge in [0.2, 0.25) is 0 Å². The molecule has 0 radical (unpaired) electrons. The number of carbonyl (C=O) groups is 1. The van der Waals surface area contributed by atoms with E-state index in [1.54, 1.807) is 0 Å². The highest BCUT2D eigenvalue weighted by atomic mass is 35.5. The Balaban J connectivity index is 3.10. The van der Waals surface area contributed by atoms with Gasteiger partial charge in [0.05, 0.1) is 29.3 Å². The van der Waals surface area contributed by atoms with E-state index in [9.17, 15) is 18.0 Å². The van der Waals surface area contributed by atoms with Crippen LogP contribution in [-0.4, -0.2) is 18.1 Å². The van der Waals surface area contributed by atoms with E-state index in [2.05, 4.69) is 9.72 Å². The summed E-state index contributed by atoms with van der Waals surface area (Å²) in [5, 5.41) is -0.210. The van der Waals surface area contributed by atoms with Crippen LogP contribution in [-0.2, 0) is 15.7 Å². The molecule has 0 unspecified atom stereocenters. The standard InChI is InChI=1S/C10H9ClF3NO2/c1-5(9(16)17-2)8-7(11)3-6(4-15-8)10(12,13)14/h3-5H,1-2H3/t5-/m0/s1. The first kappa shape index (κ1) is 13.8. The topological polar surface area (TPSA) is 39.2 Å². The first-order valence-electron chi connectivity index (χ1n) is 4.57. The number of carbonyl (C=O) groups excluding carboxylic acids is 1. The number of esters is 1.